The lowest BCUT2D eigenvalue weighted by molar-refractivity contribution is -0.140. The van der Waals surface area contributed by atoms with Crippen LogP contribution in [0.3, 0.4) is 0 Å². The number of ether oxygens (including phenoxy) is 1. The highest BCUT2D eigenvalue weighted by Crippen LogP contribution is 2.35. The summed E-state index contributed by atoms with van der Waals surface area (Å²) >= 11 is 0. The molecular formula is C19H16F4N2O. The second-order valence-electron chi connectivity index (χ2n) is 5.75. The number of hydrogen-bond donors (Lipinski definition) is 1. The minimum absolute atomic E-state index is 0.165. The topological polar surface area (TPSA) is 34.1 Å². The fraction of sp³-hybridized carbons (Fsp3) is 0.211. The van der Waals surface area contributed by atoms with E-state index >= 15 is 0 Å². The molecule has 0 spiro atoms. The van der Waals surface area contributed by atoms with Gasteiger partial charge >= 0.3 is 6.18 Å². The van der Waals surface area contributed by atoms with Crippen molar-refractivity contribution in [1.29, 1.82) is 0 Å². The Hall–Kier alpha value is -2.83. The molecule has 7 heteroatoms. The van der Waals surface area contributed by atoms with E-state index in [9.17, 15) is 17.6 Å². The summed E-state index contributed by atoms with van der Waals surface area (Å²) in [5, 5.41) is 3.31. The Morgan fingerprint density at radius 3 is 2.50 bits per heavy atom. The van der Waals surface area contributed by atoms with E-state index in [0.717, 1.165) is 6.07 Å². The predicted octanol–water partition coefficient (Wildman–Crippen LogP) is 5.84. The zero-order chi connectivity index (χ0) is 18.9. The summed E-state index contributed by atoms with van der Waals surface area (Å²) in [6.07, 6.45) is -4.60. The van der Waals surface area contributed by atoms with Gasteiger partial charge in [-0.1, -0.05) is 6.07 Å². The van der Waals surface area contributed by atoms with Crippen molar-refractivity contribution in [2.75, 3.05) is 11.9 Å². The van der Waals surface area contributed by atoms with Gasteiger partial charge in [-0.2, -0.15) is 13.2 Å². The normalized spacial score (nSPS) is 11.6. The number of aryl methyl sites for hydroxylation is 1. The Bertz CT molecular complexity index is 954. The third-order valence-corrected chi connectivity index (χ3v) is 3.83. The van der Waals surface area contributed by atoms with Crippen LogP contribution in [0.4, 0.5) is 28.9 Å². The first-order valence-electron chi connectivity index (χ1n) is 7.96. The Morgan fingerprint density at radius 2 is 1.85 bits per heavy atom. The second-order valence-corrected chi connectivity index (χ2v) is 5.75. The van der Waals surface area contributed by atoms with E-state index in [-0.39, 0.29) is 11.2 Å². The number of halogens is 4. The quantitative estimate of drug-likeness (QED) is 0.590. The molecule has 3 rings (SSSR count). The van der Waals surface area contributed by atoms with Gasteiger partial charge in [0.2, 0.25) is 0 Å². The van der Waals surface area contributed by atoms with Crippen LogP contribution >= 0.6 is 0 Å². The minimum atomic E-state index is -4.60. The van der Waals surface area contributed by atoms with Gasteiger partial charge in [-0.15, -0.1) is 0 Å². The lowest BCUT2D eigenvalue weighted by Crippen LogP contribution is -2.09. The molecule has 1 aromatic heterocycles. The van der Waals surface area contributed by atoms with Crippen LogP contribution in [0.2, 0.25) is 0 Å². The number of nitrogens with zero attached hydrogens (tertiary/aromatic N) is 1. The Balaban J connectivity index is 2.15. The van der Waals surface area contributed by atoms with Crippen molar-refractivity contribution in [1.82, 2.24) is 4.98 Å². The van der Waals surface area contributed by atoms with Gasteiger partial charge in [0.05, 0.1) is 17.8 Å². The summed E-state index contributed by atoms with van der Waals surface area (Å²) in [6, 6.07) is 9.95. The first kappa shape index (κ1) is 18.0. The van der Waals surface area contributed by atoms with Crippen molar-refractivity contribution >= 4 is 22.3 Å². The molecular weight excluding hydrogens is 348 g/mol. The molecule has 136 valence electrons. The third kappa shape index (κ3) is 3.71. The maximum absolute atomic E-state index is 13.8. The fourth-order valence-corrected chi connectivity index (χ4v) is 2.54. The van der Waals surface area contributed by atoms with Gasteiger partial charge in [0.25, 0.3) is 0 Å². The Morgan fingerprint density at radius 1 is 1.08 bits per heavy atom. The standard InChI is InChI=1S/C19H16F4N2O/c1-3-26-13-6-7-16-14(9-13)17(10-18(25-16)19(21,22)23)24-12-5-4-11(2)15(20)8-12/h4-10H,3H2,1-2H3,(H,24,25). The maximum atomic E-state index is 13.8. The summed E-state index contributed by atoms with van der Waals surface area (Å²) in [5.74, 6) is 0.0686. The van der Waals surface area contributed by atoms with Gasteiger partial charge in [0.1, 0.15) is 17.3 Å². The van der Waals surface area contributed by atoms with Gasteiger partial charge in [-0.05, 0) is 55.8 Å². The zero-order valence-corrected chi connectivity index (χ0v) is 14.1. The van der Waals surface area contributed by atoms with Crippen LogP contribution in [-0.2, 0) is 6.18 Å². The van der Waals surface area contributed by atoms with Crippen LogP contribution in [0.25, 0.3) is 10.9 Å². The van der Waals surface area contributed by atoms with Crippen LogP contribution < -0.4 is 10.1 Å². The molecule has 26 heavy (non-hydrogen) atoms. The molecule has 1 heterocycles. The van der Waals surface area contributed by atoms with Crippen molar-refractivity contribution in [2.24, 2.45) is 0 Å². The first-order valence-corrected chi connectivity index (χ1v) is 7.96. The molecule has 0 radical (unpaired) electrons. The van der Waals surface area contributed by atoms with Crippen molar-refractivity contribution in [2.45, 2.75) is 20.0 Å². The number of alkyl halides is 3. The van der Waals surface area contributed by atoms with E-state index < -0.39 is 17.7 Å². The summed E-state index contributed by atoms with van der Waals surface area (Å²) in [7, 11) is 0. The van der Waals surface area contributed by atoms with Gasteiger partial charge in [-0.25, -0.2) is 9.37 Å². The minimum Gasteiger partial charge on any atom is -0.494 e. The Kier molecular flexibility index (Phi) is 4.71. The van der Waals surface area contributed by atoms with Crippen LogP contribution in [0.15, 0.2) is 42.5 Å². The number of nitrogens with one attached hydrogen (secondary N) is 1. The SMILES string of the molecule is CCOc1ccc2nc(C(F)(F)F)cc(Nc3ccc(C)c(F)c3)c2c1. The molecule has 0 bridgehead atoms. The van der Waals surface area contributed by atoms with Crippen LogP contribution in [0.5, 0.6) is 5.75 Å². The molecule has 0 unspecified atom stereocenters. The van der Waals surface area contributed by atoms with Crippen LogP contribution in [0.1, 0.15) is 18.2 Å². The highest BCUT2D eigenvalue weighted by molar-refractivity contribution is 5.94. The molecule has 2 aromatic carbocycles. The average Bonchev–Trinajstić information content (AvgIpc) is 2.58. The van der Waals surface area contributed by atoms with Gasteiger partial charge < -0.3 is 10.1 Å². The summed E-state index contributed by atoms with van der Waals surface area (Å²) in [6.45, 7) is 3.84. The number of anilines is 2. The van der Waals surface area contributed by atoms with E-state index in [1.807, 2.05) is 6.92 Å². The molecule has 0 aliphatic rings. The van der Waals surface area contributed by atoms with Crippen molar-refractivity contribution in [3.63, 3.8) is 0 Å². The first-order chi connectivity index (χ1) is 12.3. The number of fused-ring (bicyclic) bond motifs is 1. The summed E-state index contributed by atoms with van der Waals surface area (Å²) in [5.41, 5.74) is 0.107. The molecule has 3 aromatic rings. The van der Waals surface area contributed by atoms with Crippen molar-refractivity contribution in [3.8, 4) is 5.75 Å². The van der Waals surface area contributed by atoms with E-state index in [1.54, 1.807) is 31.2 Å². The number of aromatic nitrogens is 1. The monoisotopic (exact) mass is 364 g/mol. The van der Waals surface area contributed by atoms with Crippen LogP contribution in [0, 0.1) is 12.7 Å². The summed E-state index contributed by atoms with van der Waals surface area (Å²) < 4.78 is 58.7. The molecule has 1 N–H and O–H groups in total. The molecule has 0 aliphatic heterocycles. The molecule has 0 amide bonds. The van der Waals surface area contributed by atoms with Crippen LogP contribution in [-0.4, -0.2) is 11.6 Å². The maximum Gasteiger partial charge on any atom is 0.433 e. The molecule has 0 atom stereocenters. The number of rotatable bonds is 4. The predicted molar refractivity (Wildman–Crippen MR) is 92.3 cm³/mol. The number of benzene rings is 2. The largest absolute Gasteiger partial charge is 0.494 e. The van der Waals surface area contributed by atoms with Crippen molar-refractivity contribution in [3.05, 3.63) is 59.5 Å². The lowest BCUT2D eigenvalue weighted by Gasteiger charge is -2.15. The molecule has 3 nitrogen and oxygen atoms in total. The summed E-state index contributed by atoms with van der Waals surface area (Å²) in [4.78, 5) is 3.69. The van der Waals surface area contributed by atoms with Crippen molar-refractivity contribution < 1.29 is 22.3 Å². The molecule has 0 fully saturated rings. The van der Waals surface area contributed by atoms with Gasteiger partial charge in [-0.3, -0.25) is 0 Å². The zero-order valence-electron chi connectivity index (χ0n) is 14.1. The smallest absolute Gasteiger partial charge is 0.433 e. The molecule has 0 aliphatic carbocycles. The highest BCUT2D eigenvalue weighted by Gasteiger charge is 2.33. The number of pyridine rings is 1. The van der Waals surface area contributed by atoms with E-state index in [4.69, 9.17) is 4.74 Å². The van der Waals surface area contributed by atoms with E-state index in [2.05, 4.69) is 10.3 Å². The van der Waals surface area contributed by atoms with Gasteiger partial charge in [0.15, 0.2) is 0 Å². The van der Waals surface area contributed by atoms with E-state index in [0.29, 0.717) is 29.0 Å². The Labute approximate surface area is 147 Å². The number of hydrogen-bond acceptors (Lipinski definition) is 3. The average molecular weight is 364 g/mol. The van der Waals surface area contributed by atoms with E-state index in [1.165, 1.54) is 12.1 Å². The lowest BCUT2D eigenvalue weighted by atomic mass is 10.1. The van der Waals surface area contributed by atoms with Gasteiger partial charge in [0, 0.05) is 11.1 Å². The molecule has 0 saturated carbocycles. The molecule has 0 saturated heterocycles. The second kappa shape index (κ2) is 6.82. The fourth-order valence-electron chi connectivity index (χ4n) is 2.54. The highest BCUT2D eigenvalue weighted by atomic mass is 19.4. The third-order valence-electron chi connectivity index (χ3n) is 3.83.